The van der Waals surface area contributed by atoms with Crippen molar-refractivity contribution in [2.75, 3.05) is 13.2 Å². The van der Waals surface area contributed by atoms with Crippen LogP contribution in [-0.2, 0) is 14.3 Å². The average molecular weight is 313 g/mol. The first kappa shape index (κ1) is 18.9. The molecule has 1 aliphatic heterocycles. The average Bonchev–Trinajstić information content (AvgIpc) is 2.37. The number of piperidine rings is 1. The van der Waals surface area contributed by atoms with Crippen LogP contribution in [0.4, 0.5) is 0 Å². The molecule has 1 fully saturated rings. The Hall–Kier alpha value is -1.10. The number of carbonyl (C=O) groups is 2. The lowest BCUT2D eigenvalue weighted by Gasteiger charge is -2.52. The van der Waals surface area contributed by atoms with Crippen LogP contribution in [0.2, 0.25) is 0 Å². The molecule has 0 aromatic heterocycles. The fourth-order valence-corrected chi connectivity index (χ4v) is 3.52. The molecule has 0 amide bonds. The van der Waals surface area contributed by atoms with Gasteiger partial charge in [-0.2, -0.15) is 0 Å². The Morgan fingerprint density at radius 3 is 2.14 bits per heavy atom. The molecule has 22 heavy (non-hydrogen) atoms. The van der Waals surface area contributed by atoms with Gasteiger partial charge in [0.15, 0.2) is 0 Å². The molecule has 1 heterocycles. The van der Waals surface area contributed by atoms with Gasteiger partial charge in [0, 0.05) is 30.5 Å². The maximum atomic E-state index is 11.7. The highest BCUT2D eigenvalue weighted by atomic mass is 16.5. The smallest absolute Gasteiger partial charge is 0.305 e. The fourth-order valence-electron chi connectivity index (χ4n) is 3.52. The molecule has 1 N–H and O–H groups in total. The first-order valence-electron chi connectivity index (χ1n) is 8.30. The highest BCUT2D eigenvalue weighted by Gasteiger charge is 2.40. The number of ether oxygens (including phenoxy) is 1. The molecule has 0 aliphatic carbocycles. The highest BCUT2D eigenvalue weighted by molar-refractivity contribution is 5.69. The number of carboxylic acid groups (broad SMARTS) is 1. The standard InChI is InChI=1S/C17H31NO4/c1-16(2)10-7-11-17(3,4)18(16)12-13-22-15(21)9-6-5-8-14(19)20/h5-13H2,1-4H3,(H,19,20). The molecule has 1 saturated heterocycles. The summed E-state index contributed by atoms with van der Waals surface area (Å²) in [5.74, 6) is -1.04. The topological polar surface area (TPSA) is 66.8 Å². The maximum Gasteiger partial charge on any atom is 0.305 e. The van der Waals surface area contributed by atoms with Crippen LogP contribution in [0.25, 0.3) is 0 Å². The van der Waals surface area contributed by atoms with Gasteiger partial charge >= 0.3 is 11.9 Å². The van der Waals surface area contributed by atoms with E-state index in [4.69, 9.17) is 9.84 Å². The molecule has 1 rings (SSSR count). The largest absolute Gasteiger partial charge is 0.481 e. The minimum absolute atomic E-state index is 0.115. The summed E-state index contributed by atoms with van der Waals surface area (Å²) in [6.45, 7) is 10.2. The number of carboxylic acids is 1. The Bertz CT molecular complexity index is 374. The summed E-state index contributed by atoms with van der Waals surface area (Å²) in [4.78, 5) is 24.5. The Morgan fingerprint density at radius 2 is 1.59 bits per heavy atom. The van der Waals surface area contributed by atoms with Crippen molar-refractivity contribution in [3.05, 3.63) is 0 Å². The lowest BCUT2D eigenvalue weighted by Crippen LogP contribution is -2.59. The Kier molecular flexibility index (Phi) is 6.85. The Balaban J connectivity index is 2.30. The molecule has 0 unspecified atom stereocenters. The van der Waals surface area contributed by atoms with Gasteiger partial charge in [-0.15, -0.1) is 0 Å². The van der Waals surface area contributed by atoms with Gasteiger partial charge in [-0.05, 0) is 59.8 Å². The normalized spacial score (nSPS) is 20.5. The van der Waals surface area contributed by atoms with E-state index in [1.54, 1.807) is 0 Å². The zero-order valence-electron chi connectivity index (χ0n) is 14.5. The fraction of sp³-hybridized carbons (Fsp3) is 0.882. The molecule has 0 aromatic rings. The molecular formula is C17H31NO4. The quantitative estimate of drug-likeness (QED) is 0.550. The van der Waals surface area contributed by atoms with Crippen LogP contribution in [0.3, 0.4) is 0 Å². The highest BCUT2D eigenvalue weighted by Crippen LogP contribution is 2.37. The van der Waals surface area contributed by atoms with Crippen molar-refractivity contribution in [2.45, 2.75) is 83.7 Å². The van der Waals surface area contributed by atoms with Crippen molar-refractivity contribution in [1.82, 2.24) is 4.90 Å². The number of rotatable bonds is 8. The summed E-state index contributed by atoms with van der Waals surface area (Å²) in [6, 6.07) is 0. The monoisotopic (exact) mass is 313 g/mol. The van der Waals surface area contributed by atoms with E-state index in [-0.39, 0.29) is 23.5 Å². The van der Waals surface area contributed by atoms with E-state index in [0.29, 0.717) is 25.9 Å². The van der Waals surface area contributed by atoms with Crippen molar-refractivity contribution < 1.29 is 19.4 Å². The Labute approximate surface area is 134 Å². The summed E-state index contributed by atoms with van der Waals surface area (Å²) < 4.78 is 5.31. The van der Waals surface area contributed by atoms with E-state index in [9.17, 15) is 9.59 Å². The molecule has 0 bridgehead atoms. The molecule has 128 valence electrons. The van der Waals surface area contributed by atoms with Crippen molar-refractivity contribution in [1.29, 1.82) is 0 Å². The number of aliphatic carboxylic acids is 1. The van der Waals surface area contributed by atoms with Gasteiger partial charge in [0.2, 0.25) is 0 Å². The van der Waals surface area contributed by atoms with Crippen LogP contribution in [0.1, 0.15) is 72.6 Å². The summed E-state index contributed by atoms with van der Waals surface area (Å²) in [7, 11) is 0. The van der Waals surface area contributed by atoms with Crippen LogP contribution >= 0.6 is 0 Å². The number of carbonyl (C=O) groups excluding carboxylic acids is 1. The first-order chi connectivity index (χ1) is 10.1. The molecule has 0 atom stereocenters. The van der Waals surface area contributed by atoms with Gasteiger partial charge in [-0.1, -0.05) is 0 Å². The van der Waals surface area contributed by atoms with Gasteiger partial charge in [0.05, 0.1) is 0 Å². The number of nitrogens with zero attached hydrogens (tertiary/aromatic N) is 1. The predicted molar refractivity (Wildman–Crippen MR) is 85.8 cm³/mol. The molecule has 0 radical (unpaired) electrons. The molecule has 1 aliphatic rings. The predicted octanol–water partition coefficient (Wildman–Crippen LogP) is 3.22. The van der Waals surface area contributed by atoms with E-state index in [2.05, 4.69) is 32.6 Å². The minimum Gasteiger partial charge on any atom is -0.481 e. The van der Waals surface area contributed by atoms with E-state index < -0.39 is 5.97 Å². The van der Waals surface area contributed by atoms with E-state index in [1.807, 2.05) is 0 Å². The second-order valence-corrected chi connectivity index (χ2v) is 7.45. The second kappa shape index (κ2) is 7.95. The molecule has 5 heteroatoms. The van der Waals surface area contributed by atoms with Crippen molar-refractivity contribution >= 4 is 11.9 Å². The number of esters is 1. The molecule has 5 nitrogen and oxygen atoms in total. The van der Waals surface area contributed by atoms with E-state index in [0.717, 1.165) is 6.54 Å². The molecule has 0 aromatic carbocycles. The number of hydrogen-bond acceptors (Lipinski definition) is 4. The van der Waals surface area contributed by atoms with Crippen LogP contribution < -0.4 is 0 Å². The minimum atomic E-state index is -0.817. The second-order valence-electron chi connectivity index (χ2n) is 7.45. The molecule has 0 spiro atoms. The number of unbranched alkanes of at least 4 members (excludes halogenated alkanes) is 1. The van der Waals surface area contributed by atoms with Crippen molar-refractivity contribution in [2.24, 2.45) is 0 Å². The van der Waals surface area contributed by atoms with Gasteiger partial charge in [0.25, 0.3) is 0 Å². The van der Waals surface area contributed by atoms with Crippen molar-refractivity contribution in [3.63, 3.8) is 0 Å². The summed E-state index contributed by atoms with van der Waals surface area (Å²) in [6.07, 6.45) is 5.09. The van der Waals surface area contributed by atoms with Gasteiger partial charge in [-0.25, -0.2) is 0 Å². The zero-order chi connectivity index (χ0) is 16.8. The van der Waals surface area contributed by atoms with Crippen LogP contribution in [-0.4, -0.2) is 46.2 Å². The SMILES string of the molecule is CC1(C)CCCC(C)(C)N1CCOC(=O)CCCCC(=O)O. The lowest BCUT2D eigenvalue weighted by atomic mass is 9.80. The van der Waals surface area contributed by atoms with Crippen LogP contribution in [0.15, 0.2) is 0 Å². The summed E-state index contributed by atoms with van der Waals surface area (Å²) >= 11 is 0. The number of likely N-dealkylation sites (tertiary alicyclic amines) is 1. The van der Waals surface area contributed by atoms with Gasteiger partial charge < -0.3 is 9.84 Å². The van der Waals surface area contributed by atoms with E-state index >= 15 is 0 Å². The third-order valence-electron chi connectivity index (χ3n) is 4.64. The third kappa shape index (κ3) is 5.95. The van der Waals surface area contributed by atoms with Crippen LogP contribution in [0.5, 0.6) is 0 Å². The van der Waals surface area contributed by atoms with Gasteiger partial charge in [0.1, 0.15) is 6.61 Å². The summed E-state index contributed by atoms with van der Waals surface area (Å²) in [5.41, 5.74) is 0.269. The lowest BCUT2D eigenvalue weighted by molar-refractivity contribution is -0.146. The summed E-state index contributed by atoms with van der Waals surface area (Å²) in [5, 5.41) is 8.54. The maximum absolute atomic E-state index is 11.7. The zero-order valence-corrected chi connectivity index (χ0v) is 14.5. The number of hydrogen-bond donors (Lipinski definition) is 1. The van der Waals surface area contributed by atoms with Crippen LogP contribution in [0, 0.1) is 0 Å². The van der Waals surface area contributed by atoms with E-state index in [1.165, 1.54) is 19.3 Å². The van der Waals surface area contributed by atoms with Crippen molar-refractivity contribution in [3.8, 4) is 0 Å². The molecule has 0 saturated carbocycles. The van der Waals surface area contributed by atoms with Gasteiger partial charge in [-0.3, -0.25) is 14.5 Å². The first-order valence-corrected chi connectivity index (χ1v) is 8.30. The third-order valence-corrected chi connectivity index (χ3v) is 4.64. The Morgan fingerprint density at radius 1 is 1.05 bits per heavy atom. The molecular weight excluding hydrogens is 282 g/mol.